The summed E-state index contributed by atoms with van der Waals surface area (Å²) in [5.74, 6) is -1.47. The Kier molecular flexibility index (Phi) is 4.59. The lowest BCUT2D eigenvalue weighted by atomic mass is 10.1. The summed E-state index contributed by atoms with van der Waals surface area (Å²) in [7, 11) is 1.49. The Morgan fingerprint density at radius 1 is 1.38 bits per heavy atom. The normalized spacial score (nSPS) is 12.3. The molecule has 1 aromatic carbocycles. The number of aryl methyl sites for hydroxylation is 1. The van der Waals surface area contributed by atoms with E-state index in [-0.39, 0.29) is 13.0 Å². The standard InChI is InChI=1S/C15H18N2O4/c1-9-13(10-5-3-4-6-11(10)16-9)14(18)17-12(15(19)20)7-8-21-2/h3-6,12,16H,7-8H2,1-2H3,(H,17,18)(H,19,20). The molecule has 0 spiro atoms. The molecule has 1 amide bonds. The van der Waals surface area contributed by atoms with Crippen LogP contribution in [0.25, 0.3) is 10.9 Å². The molecule has 21 heavy (non-hydrogen) atoms. The average Bonchev–Trinajstić information content (AvgIpc) is 2.78. The number of carboxylic acids is 1. The number of aromatic nitrogens is 1. The Hall–Kier alpha value is -2.34. The van der Waals surface area contributed by atoms with Crippen molar-refractivity contribution >= 4 is 22.8 Å². The maximum atomic E-state index is 12.4. The summed E-state index contributed by atoms with van der Waals surface area (Å²) in [4.78, 5) is 26.7. The number of para-hydroxylation sites is 1. The Morgan fingerprint density at radius 2 is 2.10 bits per heavy atom. The summed E-state index contributed by atoms with van der Waals surface area (Å²) in [6.45, 7) is 2.06. The molecule has 1 unspecified atom stereocenters. The van der Waals surface area contributed by atoms with Crippen LogP contribution in [0.3, 0.4) is 0 Å². The Morgan fingerprint density at radius 3 is 2.76 bits per heavy atom. The Labute approximate surface area is 122 Å². The van der Waals surface area contributed by atoms with E-state index in [0.29, 0.717) is 11.3 Å². The van der Waals surface area contributed by atoms with Crippen molar-refractivity contribution in [3.05, 3.63) is 35.5 Å². The number of carbonyl (C=O) groups is 2. The molecule has 3 N–H and O–H groups in total. The minimum Gasteiger partial charge on any atom is -0.480 e. The van der Waals surface area contributed by atoms with Gasteiger partial charge >= 0.3 is 5.97 Å². The van der Waals surface area contributed by atoms with Crippen LogP contribution < -0.4 is 5.32 Å². The second-order valence-electron chi connectivity index (χ2n) is 4.82. The number of carboxylic acid groups (broad SMARTS) is 1. The lowest BCUT2D eigenvalue weighted by molar-refractivity contribution is -0.139. The van der Waals surface area contributed by atoms with Crippen molar-refractivity contribution in [2.75, 3.05) is 13.7 Å². The number of amides is 1. The maximum Gasteiger partial charge on any atom is 0.326 e. The number of rotatable bonds is 6. The summed E-state index contributed by atoms with van der Waals surface area (Å²) >= 11 is 0. The van der Waals surface area contributed by atoms with E-state index < -0.39 is 17.9 Å². The van der Waals surface area contributed by atoms with Gasteiger partial charge in [-0.3, -0.25) is 4.79 Å². The number of H-pyrrole nitrogens is 1. The van der Waals surface area contributed by atoms with Gasteiger partial charge in [0.15, 0.2) is 0 Å². The highest BCUT2D eigenvalue weighted by Gasteiger charge is 2.23. The van der Waals surface area contributed by atoms with Gasteiger partial charge in [-0.1, -0.05) is 18.2 Å². The first kappa shape index (κ1) is 15.1. The van der Waals surface area contributed by atoms with Crippen molar-refractivity contribution in [1.82, 2.24) is 10.3 Å². The van der Waals surface area contributed by atoms with Crippen LogP contribution in [0.4, 0.5) is 0 Å². The van der Waals surface area contributed by atoms with Gasteiger partial charge in [0.25, 0.3) is 5.91 Å². The topological polar surface area (TPSA) is 91.4 Å². The molecule has 0 aliphatic heterocycles. The van der Waals surface area contributed by atoms with Crippen LogP contribution in [0.1, 0.15) is 22.5 Å². The molecular weight excluding hydrogens is 272 g/mol. The quantitative estimate of drug-likeness (QED) is 0.755. The van der Waals surface area contributed by atoms with E-state index in [4.69, 9.17) is 9.84 Å². The van der Waals surface area contributed by atoms with Crippen molar-refractivity contribution < 1.29 is 19.4 Å². The number of hydrogen-bond acceptors (Lipinski definition) is 3. The summed E-state index contributed by atoms with van der Waals surface area (Å²) in [5, 5.41) is 12.5. The van der Waals surface area contributed by atoms with Crippen molar-refractivity contribution in [2.45, 2.75) is 19.4 Å². The van der Waals surface area contributed by atoms with E-state index in [9.17, 15) is 9.59 Å². The lowest BCUT2D eigenvalue weighted by Gasteiger charge is -2.14. The molecule has 2 aromatic rings. The van der Waals surface area contributed by atoms with Gasteiger partial charge in [-0.15, -0.1) is 0 Å². The zero-order chi connectivity index (χ0) is 15.4. The summed E-state index contributed by atoms with van der Waals surface area (Å²) in [5.41, 5.74) is 2.04. The Bertz CT molecular complexity index is 663. The molecule has 0 bridgehead atoms. The van der Waals surface area contributed by atoms with Crippen LogP contribution in [0.5, 0.6) is 0 Å². The smallest absolute Gasteiger partial charge is 0.326 e. The van der Waals surface area contributed by atoms with Gasteiger partial charge in [-0.25, -0.2) is 4.79 Å². The molecule has 0 aliphatic rings. The molecule has 0 radical (unpaired) electrons. The SMILES string of the molecule is COCCC(NC(=O)c1c(C)[nH]c2ccccc12)C(=O)O. The van der Waals surface area contributed by atoms with E-state index >= 15 is 0 Å². The average molecular weight is 290 g/mol. The van der Waals surface area contributed by atoms with Gasteiger partial charge in [0.05, 0.1) is 5.56 Å². The fraction of sp³-hybridized carbons (Fsp3) is 0.333. The van der Waals surface area contributed by atoms with Gasteiger partial charge < -0.3 is 20.1 Å². The number of ether oxygens (including phenoxy) is 1. The van der Waals surface area contributed by atoms with Crippen LogP contribution >= 0.6 is 0 Å². The largest absolute Gasteiger partial charge is 0.480 e. The predicted molar refractivity (Wildman–Crippen MR) is 78.4 cm³/mol. The van der Waals surface area contributed by atoms with Crippen LogP contribution in [-0.4, -0.2) is 41.7 Å². The number of methoxy groups -OCH3 is 1. The van der Waals surface area contributed by atoms with Crippen molar-refractivity contribution in [3.8, 4) is 0 Å². The highest BCUT2D eigenvalue weighted by atomic mass is 16.5. The van der Waals surface area contributed by atoms with E-state index in [1.165, 1.54) is 7.11 Å². The number of benzene rings is 1. The van der Waals surface area contributed by atoms with E-state index in [1.807, 2.05) is 24.3 Å². The molecular formula is C15H18N2O4. The molecule has 0 fully saturated rings. The van der Waals surface area contributed by atoms with Crippen molar-refractivity contribution in [1.29, 1.82) is 0 Å². The third-order valence-electron chi connectivity index (χ3n) is 3.33. The van der Waals surface area contributed by atoms with E-state index in [2.05, 4.69) is 10.3 Å². The molecule has 1 aromatic heterocycles. The van der Waals surface area contributed by atoms with Gasteiger partial charge in [0, 0.05) is 36.7 Å². The van der Waals surface area contributed by atoms with Crippen LogP contribution in [0.2, 0.25) is 0 Å². The fourth-order valence-corrected chi connectivity index (χ4v) is 2.29. The molecule has 0 aliphatic carbocycles. The number of aromatic amines is 1. The third-order valence-corrected chi connectivity index (χ3v) is 3.33. The highest BCUT2D eigenvalue weighted by Crippen LogP contribution is 2.21. The number of nitrogens with one attached hydrogen (secondary N) is 2. The van der Waals surface area contributed by atoms with Crippen LogP contribution in [0.15, 0.2) is 24.3 Å². The number of aliphatic carboxylic acids is 1. The zero-order valence-corrected chi connectivity index (χ0v) is 12.0. The predicted octanol–water partition coefficient (Wildman–Crippen LogP) is 1.70. The second kappa shape index (κ2) is 6.41. The molecule has 0 saturated heterocycles. The zero-order valence-electron chi connectivity index (χ0n) is 12.0. The van der Waals surface area contributed by atoms with Crippen LogP contribution in [0, 0.1) is 6.92 Å². The Balaban J connectivity index is 2.25. The first-order valence-electron chi connectivity index (χ1n) is 6.64. The lowest BCUT2D eigenvalue weighted by Crippen LogP contribution is -2.41. The maximum absolute atomic E-state index is 12.4. The summed E-state index contributed by atoms with van der Waals surface area (Å²) in [6.07, 6.45) is 0.221. The number of hydrogen-bond donors (Lipinski definition) is 3. The number of fused-ring (bicyclic) bond motifs is 1. The molecule has 112 valence electrons. The molecule has 1 atom stereocenters. The van der Waals surface area contributed by atoms with Crippen molar-refractivity contribution in [3.63, 3.8) is 0 Å². The minimum absolute atomic E-state index is 0.221. The molecule has 2 rings (SSSR count). The monoisotopic (exact) mass is 290 g/mol. The summed E-state index contributed by atoms with van der Waals surface area (Å²) in [6, 6.07) is 6.45. The first-order valence-corrected chi connectivity index (χ1v) is 6.64. The number of carbonyl (C=O) groups excluding carboxylic acids is 1. The van der Waals surface area contributed by atoms with Gasteiger partial charge in [0.2, 0.25) is 0 Å². The van der Waals surface area contributed by atoms with Crippen molar-refractivity contribution in [2.24, 2.45) is 0 Å². The minimum atomic E-state index is -1.07. The molecule has 6 nitrogen and oxygen atoms in total. The summed E-state index contributed by atoms with van der Waals surface area (Å²) < 4.78 is 4.87. The molecule has 0 saturated carbocycles. The third kappa shape index (κ3) is 3.22. The molecule has 6 heteroatoms. The van der Waals surface area contributed by atoms with Gasteiger partial charge in [0.1, 0.15) is 6.04 Å². The van der Waals surface area contributed by atoms with E-state index in [1.54, 1.807) is 6.92 Å². The van der Waals surface area contributed by atoms with Gasteiger partial charge in [-0.05, 0) is 13.0 Å². The fourth-order valence-electron chi connectivity index (χ4n) is 2.29. The van der Waals surface area contributed by atoms with Crippen LogP contribution in [-0.2, 0) is 9.53 Å². The highest BCUT2D eigenvalue weighted by molar-refractivity contribution is 6.08. The van der Waals surface area contributed by atoms with E-state index in [0.717, 1.165) is 10.9 Å². The first-order chi connectivity index (χ1) is 10.0. The second-order valence-corrected chi connectivity index (χ2v) is 4.82. The van der Waals surface area contributed by atoms with Gasteiger partial charge in [-0.2, -0.15) is 0 Å². The molecule has 1 heterocycles.